The molecular formula is C14H20O. The van der Waals surface area contributed by atoms with Crippen LogP contribution < -0.4 is 0 Å². The standard InChI is InChI=1S/C14H20O/c1-5-10(2)9-14(15)13-7-11(3)6-12(4)8-13/h6-8,14-15H,2,5,9H2,1,3-4H3. The minimum absolute atomic E-state index is 0.406. The summed E-state index contributed by atoms with van der Waals surface area (Å²) in [7, 11) is 0. The number of benzene rings is 1. The average Bonchev–Trinajstić information content (AvgIpc) is 2.16. The lowest BCUT2D eigenvalue weighted by molar-refractivity contribution is 0.177. The molecule has 82 valence electrons. The Morgan fingerprint density at radius 1 is 1.27 bits per heavy atom. The van der Waals surface area contributed by atoms with Gasteiger partial charge in [-0.15, -0.1) is 0 Å². The van der Waals surface area contributed by atoms with E-state index in [-0.39, 0.29) is 0 Å². The van der Waals surface area contributed by atoms with Crippen LogP contribution in [0.2, 0.25) is 0 Å². The summed E-state index contributed by atoms with van der Waals surface area (Å²) in [5, 5.41) is 10.0. The third-order valence-electron chi connectivity index (χ3n) is 2.61. The minimum atomic E-state index is -0.406. The van der Waals surface area contributed by atoms with Crippen LogP contribution >= 0.6 is 0 Å². The lowest BCUT2D eigenvalue weighted by atomic mass is 9.98. The van der Waals surface area contributed by atoms with Gasteiger partial charge in [0.2, 0.25) is 0 Å². The van der Waals surface area contributed by atoms with Gasteiger partial charge in [-0.3, -0.25) is 0 Å². The van der Waals surface area contributed by atoms with E-state index in [9.17, 15) is 5.11 Å². The molecule has 0 aliphatic carbocycles. The molecule has 1 atom stereocenters. The quantitative estimate of drug-likeness (QED) is 0.741. The van der Waals surface area contributed by atoms with Crippen LogP contribution in [0.5, 0.6) is 0 Å². The van der Waals surface area contributed by atoms with Crippen LogP contribution in [0.1, 0.15) is 42.6 Å². The molecule has 0 spiro atoms. The minimum Gasteiger partial charge on any atom is -0.388 e. The smallest absolute Gasteiger partial charge is 0.0827 e. The van der Waals surface area contributed by atoms with E-state index in [2.05, 4.69) is 33.4 Å². The second kappa shape index (κ2) is 5.13. The van der Waals surface area contributed by atoms with Crippen LogP contribution in [-0.2, 0) is 0 Å². The first-order valence-corrected chi connectivity index (χ1v) is 5.45. The molecule has 0 radical (unpaired) electrons. The average molecular weight is 204 g/mol. The van der Waals surface area contributed by atoms with Gasteiger partial charge in [-0.25, -0.2) is 0 Å². The zero-order valence-corrected chi connectivity index (χ0v) is 9.88. The molecular weight excluding hydrogens is 184 g/mol. The number of rotatable bonds is 4. The van der Waals surface area contributed by atoms with Crippen LogP contribution in [-0.4, -0.2) is 5.11 Å². The normalized spacial score (nSPS) is 12.5. The van der Waals surface area contributed by atoms with Gasteiger partial charge in [-0.05, 0) is 32.3 Å². The van der Waals surface area contributed by atoms with E-state index in [4.69, 9.17) is 0 Å². The lowest BCUT2D eigenvalue weighted by Crippen LogP contribution is -1.99. The van der Waals surface area contributed by atoms with Gasteiger partial charge < -0.3 is 5.11 Å². The maximum absolute atomic E-state index is 10.0. The maximum atomic E-state index is 10.0. The van der Waals surface area contributed by atoms with Gasteiger partial charge in [0, 0.05) is 0 Å². The van der Waals surface area contributed by atoms with Gasteiger partial charge in [0.25, 0.3) is 0 Å². The number of hydrogen-bond donors (Lipinski definition) is 1. The number of hydrogen-bond acceptors (Lipinski definition) is 1. The number of aliphatic hydroxyl groups excluding tert-OH is 1. The molecule has 1 heteroatoms. The summed E-state index contributed by atoms with van der Waals surface area (Å²) in [6, 6.07) is 6.20. The van der Waals surface area contributed by atoms with Gasteiger partial charge in [-0.1, -0.05) is 48.4 Å². The molecule has 0 aliphatic heterocycles. The summed E-state index contributed by atoms with van der Waals surface area (Å²) in [5.74, 6) is 0. The van der Waals surface area contributed by atoms with Crippen molar-refractivity contribution in [3.05, 3.63) is 47.0 Å². The fourth-order valence-corrected chi connectivity index (χ4v) is 1.74. The summed E-state index contributed by atoms with van der Waals surface area (Å²) < 4.78 is 0. The van der Waals surface area contributed by atoms with Crippen LogP contribution in [0.3, 0.4) is 0 Å². The highest BCUT2D eigenvalue weighted by Gasteiger charge is 2.09. The molecule has 1 aromatic rings. The number of aryl methyl sites for hydroxylation is 2. The molecule has 15 heavy (non-hydrogen) atoms. The fraction of sp³-hybridized carbons (Fsp3) is 0.429. The highest BCUT2D eigenvalue weighted by molar-refractivity contribution is 5.30. The topological polar surface area (TPSA) is 20.2 Å². The van der Waals surface area contributed by atoms with Crippen molar-refractivity contribution >= 4 is 0 Å². The Balaban J connectivity index is 2.81. The summed E-state index contributed by atoms with van der Waals surface area (Å²) in [5.41, 5.74) is 4.50. The largest absolute Gasteiger partial charge is 0.388 e. The summed E-state index contributed by atoms with van der Waals surface area (Å²) >= 11 is 0. The predicted molar refractivity (Wildman–Crippen MR) is 64.9 cm³/mol. The molecule has 0 bridgehead atoms. The first kappa shape index (κ1) is 12.0. The lowest BCUT2D eigenvalue weighted by Gasteiger charge is -2.13. The monoisotopic (exact) mass is 204 g/mol. The van der Waals surface area contributed by atoms with Crippen molar-refractivity contribution in [2.75, 3.05) is 0 Å². The molecule has 0 fully saturated rings. The van der Waals surface area contributed by atoms with Crippen LogP contribution in [0, 0.1) is 13.8 Å². The van der Waals surface area contributed by atoms with E-state index in [0.717, 1.165) is 17.6 Å². The SMILES string of the molecule is C=C(CC)CC(O)c1cc(C)cc(C)c1. The second-order valence-corrected chi connectivity index (χ2v) is 4.24. The van der Waals surface area contributed by atoms with E-state index in [1.54, 1.807) is 0 Å². The van der Waals surface area contributed by atoms with Crippen molar-refractivity contribution in [1.82, 2.24) is 0 Å². The Bertz CT molecular complexity index is 332. The van der Waals surface area contributed by atoms with Crippen LogP contribution in [0.15, 0.2) is 30.4 Å². The molecule has 0 aromatic heterocycles. The highest BCUT2D eigenvalue weighted by Crippen LogP contribution is 2.23. The van der Waals surface area contributed by atoms with Gasteiger partial charge in [0.15, 0.2) is 0 Å². The van der Waals surface area contributed by atoms with Gasteiger partial charge in [-0.2, -0.15) is 0 Å². The third-order valence-corrected chi connectivity index (χ3v) is 2.61. The van der Waals surface area contributed by atoms with E-state index in [1.165, 1.54) is 11.1 Å². The Hall–Kier alpha value is -1.08. The Morgan fingerprint density at radius 3 is 2.27 bits per heavy atom. The van der Waals surface area contributed by atoms with Crippen molar-refractivity contribution in [2.24, 2.45) is 0 Å². The van der Waals surface area contributed by atoms with Gasteiger partial charge in [0.1, 0.15) is 0 Å². The van der Waals surface area contributed by atoms with Crippen molar-refractivity contribution in [2.45, 2.75) is 39.7 Å². The van der Waals surface area contributed by atoms with Crippen molar-refractivity contribution in [3.63, 3.8) is 0 Å². The molecule has 1 aromatic carbocycles. The van der Waals surface area contributed by atoms with Crippen molar-refractivity contribution < 1.29 is 5.11 Å². The van der Waals surface area contributed by atoms with Crippen molar-refractivity contribution in [3.8, 4) is 0 Å². The molecule has 1 unspecified atom stereocenters. The number of aliphatic hydroxyl groups is 1. The fourth-order valence-electron chi connectivity index (χ4n) is 1.74. The molecule has 0 saturated carbocycles. The first-order chi connectivity index (χ1) is 7.02. The maximum Gasteiger partial charge on any atom is 0.0827 e. The van der Waals surface area contributed by atoms with E-state index in [1.807, 2.05) is 12.1 Å². The zero-order chi connectivity index (χ0) is 11.4. The van der Waals surface area contributed by atoms with Crippen molar-refractivity contribution in [1.29, 1.82) is 0 Å². The molecule has 0 heterocycles. The first-order valence-electron chi connectivity index (χ1n) is 5.45. The van der Waals surface area contributed by atoms with E-state index < -0.39 is 6.10 Å². The zero-order valence-electron chi connectivity index (χ0n) is 9.88. The van der Waals surface area contributed by atoms with Gasteiger partial charge >= 0.3 is 0 Å². The highest BCUT2D eigenvalue weighted by atomic mass is 16.3. The molecule has 1 N–H and O–H groups in total. The summed E-state index contributed by atoms with van der Waals surface area (Å²) in [6.07, 6.45) is 1.19. The molecule has 1 rings (SSSR count). The van der Waals surface area contributed by atoms with Crippen LogP contribution in [0.25, 0.3) is 0 Å². The van der Waals surface area contributed by atoms with E-state index >= 15 is 0 Å². The molecule has 0 aliphatic rings. The Labute approximate surface area is 92.5 Å². The summed E-state index contributed by atoms with van der Waals surface area (Å²) in [4.78, 5) is 0. The second-order valence-electron chi connectivity index (χ2n) is 4.24. The van der Waals surface area contributed by atoms with E-state index in [0.29, 0.717) is 6.42 Å². The molecule has 0 saturated heterocycles. The molecule has 1 nitrogen and oxygen atoms in total. The van der Waals surface area contributed by atoms with Crippen LogP contribution in [0.4, 0.5) is 0 Å². The summed E-state index contributed by atoms with van der Waals surface area (Å²) in [6.45, 7) is 10.1. The Kier molecular flexibility index (Phi) is 4.10. The van der Waals surface area contributed by atoms with Gasteiger partial charge in [0.05, 0.1) is 6.10 Å². The third kappa shape index (κ3) is 3.52. The predicted octanol–water partition coefficient (Wildman–Crippen LogP) is 3.69. The molecule has 0 amide bonds. The Morgan fingerprint density at radius 2 is 1.80 bits per heavy atom.